The van der Waals surface area contributed by atoms with Gasteiger partial charge in [-0.05, 0) is 43.7 Å². The Hall–Kier alpha value is -1.21. The van der Waals surface area contributed by atoms with E-state index < -0.39 is 10.0 Å². The number of nitrogens with zero attached hydrogens (tertiary/aromatic N) is 2. The lowest BCUT2D eigenvalue weighted by Gasteiger charge is -2.24. The molecule has 1 fully saturated rings. The molecule has 0 bridgehead atoms. The van der Waals surface area contributed by atoms with Crippen LogP contribution < -0.4 is 5.32 Å². The molecular weight excluding hydrogens is 322 g/mol. The highest BCUT2D eigenvalue weighted by Crippen LogP contribution is 2.27. The summed E-state index contributed by atoms with van der Waals surface area (Å²) in [5, 5.41) is 3.89. The van der Waals surface area contributed by atoms with Crippen molar-refractivity contribution in [2.45, 2.75) is 24.3 Å². The summed E-state index contributed by atoms with van der Waals surface area (Å²) in [5.74, 6) is 0. The molecule has 0 amide bonds. The molecule has 22 heavy (non-hydrogen) atoms. The largest absolute Gasteiger partial charge is 0.315 e. The van der Waals surface area contributed by atoms with E-state index in [0.29, 0.717) is 16.8 Å². The Morgan fingerprint density at radius 2 is 2.09 bits per heavy atom. The van der Waals surface area contributed by atoms with Gasteiger partial charge in [-0.3, -0.25) is 4.98 Å². The molecule has 3 rings (SSSR count). The highest BCUT2D eigenvalue weighted by Gasteiger charge is 2.31. The molecule has 0 aliphatic carbocycles. The number of sulfonamides is 1. The third-order valence-electron chi connectivity index (χ3n) is 4.14. The molecule has 1 aromatic carbocycles. The Balaban J connectivity index is 0.00000176. The first-order chi connectivity index (χ1) is 10.0. The fourth-order valence-electron chi connectivity index (χ4n) is 2.81. The van der Waals surface area contributed by atoms with Crippen molar-refractivity contribution in [3.63, 3.8) is 0 Å². The number of hydrogen-bond acceptors (Lipinski definition) is 4. The smallest absolute Gasteiger partial charge is 0.243 e. The fourth-order valence-corrected chi connectivity index (χ4v) is 4.38. The number of halogens is 1. The highest BCUT2D eigenvalue weighted by molar-refractivity contribution is 7.89. The number of aryl methyl sites for hydroxylation is 1. The van der Waals surface area contributed by atoms with Gasteiger partial charge in [0.05, 0.1) is 10.4 Å². The Labute approximate surface area is 137 Å². The molecule has 120 valence electrons. The van der Waals surface area contributed by atoms with Gasteiger partial charge >= 0.3 is 0 Å². The molecule has 0 spiro atoms. The van der Waals surface area contributed by atoms with Gasteiger partial charge in [0.15, 0.2) is 0 Å². The summed E-state index contributed by atoms with van der Waals surface area (Å²) in [5.41, 5.74) is 1.73. The van der Waals surface area contributed by atoms with Crippen molar-refractivity contribution in [1.82, 2.24) is 14.6 Å². The average Bonchev–Trinajstić information content (AvgIpc) is 3.01. The number of benzene rings is 1. The number of likely N-dealkylation sites (N-methyl/N-ethyl adjacent to an activating group) is 1. The van der Waals surface area contributed by atoms with Crippen molar-refractivity contribution < 1.29 is 8.42 Å². The predicted octanol–water partition coefficient (Wildman–Crippen LogP) is 1.95. The number of hydrogen-bond donors (Lipinski definition) is 1. The minimum absolute atomic E-state index is 0. The molecule has 0 saturated carbocycles. The third kappa shape index (κ3) is 2.84. The molecule has 1 saturated heterocycles. The predicted molar refractivity (Wildman–Crippen MR) is 90.0 cm³/mol. The first-order valence-corrected chi connectivity index (χ1v) is 8.49. The standard InChI is InChI=1S/C15H19N3O2S.ClH/c1-11-5-6-14(13-4-3-8-17-15(11)13)21(19,20)18(2)12-7-9-16-10-12;/h3-6,8,12,16H,7,9-10H2,1-2H3;1H. The van der Waals surface area contributed by atoms with E-state index in [-0.39, 0.29) is 18.4 Å². The van der Waals surface area contributed by atoms with Crippen LogP contribution in [0, 0.1) is 6.92 Å². The summed E-state index contributed by atoms with van der Waals surface area (Å²) in [7, 11) is -1.85. The number of aromatic nitrogens is 1. The van der Waals surface area contributed by atoms with Gasteiger partial charge in [0, 0.05) is 31.2 Å². The normalized spacial score (nSPS) is 18.6. The van der Waals surface area contributed by atoms with E-state index in [1.165, 1.54) is 4.31 Å². The zero-order valence-electron chi connectivity index (χ0n) is 12.6. The molecule has 0 radical (unpaired) electrons. The molecule has 7 heteroatoms. The van der Waals surface area contributed by atoms with Crippen molar-refractivity contribution in [2.75, 3.05) is 20.1 Å². The van der Waals surface area contributed by atoms with Crippen LogP contribution in [0.3, 0.4) is 0 Å². The second kappa shape index (κ2) is 6.50. The Morgan fingerprint density at radius 1 is 1.32 bits per heavy atom. The van der Waals surface area contributed by atoms with Gasteiger partial charge in [-0.1, -0.05) is 6.07 Å². The fraction of sp³-hybridized carbons (Fsp3) is 0.400. The molecule has 1 aliphatic heterocycles. The van der Waals surface area contributed by atoms with Crippen molar-refractivity contribution in [1.29, 1.82) is 0 Å². The second-order valence-corrected chi connectivity index (χ2v) is 7.41. The molecule has 2 aromatic rings. The minimum atomic E-state index is -3.51. The van der Waals surface area contributed by atoms with Crippen LogP contribution in [0.5, 0.6) is 0 Å². The third-order valence-corrected chi connectivity index (χ3v) is 6.11. The zero-order chi connectivity index (χ0) is 15.0. The molecule has 1 N–H and O–H groups in total. The summed E-state index contributed by atoms with van der Waals surface area (Å²) in [6.07, 6.45) is 2.54. The summed E-state index contributed by atoms with van der Waals surface area (Å²) in [6.45, 7) is 3.51. The van der Waals surface area contributed by atoms with Crippen LogP contribution in [0.4, 0.5) is 0 Å². The average molecular weight is 342 g/mol. The maximum Gasteiger partial charge on any atom is 0.243 e. The van der Waals surface area contributed by atoms with E-state index in [2.05, 4.69) is 10.3 Å². The quantitative estimate of drug-likeness (QED) is 0.926. The van der Waals surface area contributed by atoms with Crippen LogP contribution in [-0.4, -0.2) is 43.9 Å². The van der Waals surface area contributed by atoms with E-state index in [0.717, 1.165) is 24.0 Å². The van der Waals surface area contributed by atoms with E-state index in [1.807, 2.05) is 19.1 Å². The zero-order valence-corrected chi connectivity index (χ0v) is 14.2. The van der Waals surface area contributed by atoms with Gasteiger partial charge in [0.2, 0.25) is 10.0 Å². The first-order valence-electron chi connectivity index (χ1n) is 7.05. The van der Waals surface area contributed by atoms with Crippen molar-refractivity contribution >= 4 is 33.3 Å². The molecule has 1 unspecified atom stereocenters. The SMILES string of the molecule is Cc1ccc(S(=O)(=O)N(C)C2CCNC2)c2cccnc12.Cl. The van der Waals surface area contributed by atoms with Crippen LogP contribution in [0.1, 0.15) is 12.0 Å². The maximum absolute atomic E-state index is 12.9. The van der Waals surface area contributed by atoms with Crippen LogP contribution in [-0.2, 0) is 10.0 Å². The summed E-state index contributed by atoms with van der Waals surface area (Å²) in [6, 6.07) is 7.13. The van der Waals surface area contributed by atoms with Crippen LogP contribution in [0.15, 0.2) is 35.4 Å². The van der Waals surface area contributed by atoms with Gasteiger partial charge in [-0.25, -0.2) is 8.42 Å². The van der Waals surface area contributed by atoms with Crippen LogP contribution in [0.25, 0.3) is 10.9 Å². The number of pyridine rings is 1. The lowest BCUT2D eigenvalue weighted by molar-refractivity contribution is 0.388. The van der Waals surface area contributed by atoms with Gasteiger partial charge in [0.1, 0.15) is 0 Å². The van der Waals surface area contributed by atoms with Crippen LogP contribution in [0.2, 0.25) is 0 Å². The van der Waals surface area contributed by atoms with E-state index in [4.69, 9.17) is 0 Å². The van der Waals surface area contributed by atoms with E-state index in [9.17, 15) is 8.42 Å². The van der Waals surface area contributed by atoms with Gasteiger partial charge < -0.3 is 5.32 Å². The van der Waals surface area contributed by atoms with Gasteiger partial charge in [0.25, 0.3) is 0 Å². The Kier molecular flexibility index (Phi) is 5.07. The molecule has 1 aromatic heterocycles. The molecular formula is C15H20ClN3O2S. The topological polar surface area (TPSA) is 62.3 Å². The lowest BCUT2D eigenvalue weighted by Crippen LogP contribution is -2.38. The Morgan fingerprint density at radius 3 is 2.77 bits per heavy atom. The molecule has 1 atom stereocenters. The van der Waals surface area contributed by atoms with Crippen molar-refractivity contribution in [2.24, 2.45) is 0 Å². The number of nitrogens with one attached hydrogen (secondary N) is 1. The number of rotatable bonds is 3. The monoisotopic (exact) mass is 341 g/mol. The first kappa shape index (κ1) is 17.1. The van der Waals surface area contributed by atoms with E-state index in [1.54, 1.807) is 25.4 Å². The van der Waals surface area contributed by atoms with Crippen LogP contribution >= 0.6 is 12.4 Å². The summed E-state index contributed by atoms with van der Waals surface area (Å²) in [4.78, 5) is 4.65. The molecule has 2 heterocycles. The summed E-state index contributed by atoms with van der Waals surface area (Å²) < 4.78 is 27.3. The van der Waals surface area contributed by atoms with Gasteiger partial charge in [-0.2, -0.15) is 4.31 Å². The highest BCUT2D eigenvalue weighted by atomic mass is 35.5. The van der Waals surface area contributed by atoms with Crippen molar-refractivity contribution in [3.05, 3.63) is 36.0 Å². The minimum Gasteiger partial charge on any atom is -0.315 e. The van der Waals surface area contributed by atoms with E-state index >= 15 is 0 Å². The molecule has 1 aliphatic rings. The Bertz CT molecular complexity index is 773. The summed E-state index contributed by atoms with van der Waals surface area (Å²) >= 11 is 0. The van der Waals surface area contributed by atoms with Crippen molar-refractivity contribution in [3.8, 4) is 0 Å². The second-order valence-electron chi connectivity index (χ2n) is 5.45. The number of fused-ring (bicyclic) bond motifs is 1. The van der Waals surface area contributed by atoms with Gasteiger partial charge in [-0.15, -0.1) is 12.4 Å². The maximum atomic E-state index is 12.9. The lowest BCUT2D eigenvalue weighted by atomic mass is 10.1. The molecule has 5 nitrogen and oxygen atoms in total.